The molecule has 94 valence electrons. The van der Waals surface area contributed by atoms with Crippen LogP contribution in [0.25, 0.3) is 17.0 Å². The molecule has 0 fully saturated rings. The van der Waals surface area contributed by atoms with Crippen molar-refractivity contribution in [1.82, 2.24) is 4.98 Å². The number of carbonyl (C=O) groups is 1. The van der Waals surface area contributed by atoms with E-state index in [0.717, 1.165) is 16.5 Å². The largest absolute Gasteiger partial charge is 0.455 e. The molecule has 0 aliphatic heterocycles. The molecule has 0 aliphatic rings. The molecule has 0 aliphatic carbocycles. The summed E-state index contributed by atoms with van der Waals surface area (Å²) in [6, 6.07) is 7.66. The molecule has 0 bridgehead atoms. The average Bonchev–Trinajstić information content (AvgIpc) is 2.69. The van der Waals surface area contributed by atoms with Crippen molar-refractivity contribution in [3.63, 3.8) is 0 Å². The van der Waals surface area contributed by atoms with E-state index in [1.807, 2.05) is 39.0 Å². The summed E-state index contributed by atoms with van der Waals surface area (Å²) in [5, 5.41) is 0.980. The number of hydrogen-bond donors (Lipinski definition) is 1. The first kappa shape index (κ1) is 12.4. The van der Waals surface area contributed by atoms with E-state index in [0.29, 0.717) is 5.69 Å². The summed E-state index contributed by atoms with van der Waals surface area (Å²) >= 11 is 0. The minimum absolute atomic E-state index is 0.334. The van der Waals surface area contributed by atoms with Crippen LogP contribution in [0.5, 0.6) is 0 Å². The zero-order valence-electron chi connectivity index (χ0n) is 10.9. The third-order valence-electron chi connectivity index (χ3n) is 2.50. The fourth-order valence-electron chi connectivity index (χ4n) is 1.72. The van der Waals surface area contributed by atoms with Crippen molar-refractivity contribution in [1.29, 1.82) is 0 Å². The third-order valence-corrected chi connectivity index (χ3v) is 2.50. The molecule has 1 heterocycles. The van der Waals surface area contributed by atoms with Gasteiger partial charge in [-0.3, -0.25) is 0 Å². The monoisotopic (exact) mass is 243 g/mol. The highest BCUT2D eigenvalue weighted by Gasteiger charge is 2.19. The maximum Gasteiger partial charge on any atom is 0.355 e. The summed E-state index contributed by atoms with van der Waals surface area (Å²) in [5.41, 5.74) is 1.93. The van der Waals surface area contributed by atoms with Crippen molar-refractivity contribution in [2.24, 2.45) is 0 Å². The van der Waals surface area contributed by atoms with E-state index in [4.69, 9.17) is 4.74 Å². The number of ether oxygens (including phenoxy) is 1. The molecular weight excluding hydrogens is 226 g/mol. The lowest BCUT2D eigenvalue weighted by atomic mass is 10.1. The molecule has 18 heavy (non-hydrogen) atoms. The number of aromatic nitrogens is 1. The van der Waals surface area contributed by atoms with Crippen LogP contribution in [0.4, 0.5) is 0 Å². The van der Waals surface area contributed by atoms with Gasteiger partial charge in [-0.15, -0.1) is 0 Å². The van der Waals surface area contributed by atoms with Gasteiger partial charge < -0.3 is 9.72 Å². The standard InChI is InChI=1S/C15H17NO2/c1-5-10-6-7-12-11(8-10)9-13(16-12)14(17)18-15(2,3)4/h5-9,16H,1H2,2-4H3. The Morgan fingerprint density at radius 2 is 2.06 bits per heavy atom. The van der Waals surface area contributed by atoms with Crippen LogP contribution in [-0.4, -0.2) is 16.6 Å². The van der Waals surface area contributed by atoms with Gasteiger partial charge in [0, 0.05) is 10.9 Å². The van der Waals surface area contributed by atoms with Gasteiger partial charge in [0.15, 0.2) is 0 Å². The van der Waals surface area contributed by atoms with Gasteiger partial charge in [-0.2, -0.15) is 0 Å². The Labute approximate surface area is 106 Å². The third kappa shape index (κ3) is 2.62. The fourth-order valence-corrected chi connectivity index (χ4v) is 1.72. The van der Waals surface area contributed by atoms with Crippen LogP contribution in [0.1, 0.15) is 36.8 Å². The Bertz CT molecular complexity index is 602. The molecule has 3 heteroatoms. The predicted molar refractivity (Wildman–Crippen MR) is 73.6 cm³/mol. The second-order valence-electron chi connectivity index (χ2n) is 5.24. The lowest BCUT2D eigenvalue weighted by Gasteiger charge is -2.18. The zero-order chi connectivity index (χ0) is 13.3. The van der Waals surface area contributed by atoms with Crippen LogP contribution in [-0.2, 0) is 4.74 Å². The van der Waals surface area contributed by atoms with Crippen LogP contribution >= 0.6 is 0 Å². The van der Waals surface area contributed by atoms with E-state index in [9.17, 15) is 4.79 Å². The van der Waals surface area contributed by atoms with Gasteiger partial charge in [0.1, 0.15) is 11.3 Å². The van der Waals surface area contributed by atoms with Gasteiger partial charge in [0.05, 0.1) is 0 Å². The normalized spacial score (nSPS) is 11.5. The molecule has 0 saturated carbocycles. The smallest absolute Gasteiger partial charge is 0.355 e. The second kappa shape index (κ2) is 4.33. The van der Waals surface area contributed by atoms with Crippen molar-refractivity contribution in [2.75, 3.05) is 0 Å². The molecule has 0 amide bonds. The van der Waals surface area contributed by atoms with Crippen LogP contribution in [0.15, 0.2) is 30.8 Å². The first-order valence-electron chi connectivity index (χ1n) is 5.87. The minimum Gasteiger partial charge on any atom is -0.455 e. The van der Waals surface area contributed by atoms with Crippen molar-refractivity contribution in [3.8, 4) is 0 Å². The SMILES string of the molecule is C=Cc1ccc2[nH]c(C(=O)OC(C)(C)C)cc2c1. The molecule has 1 N–H and O–H groups in total. The van der Waals surface area contributed by atoms with Crippen LogP contribution in [0.3, 0.4) is 0 Å². The number of nitrogens with one attached hydrogen (secondary N) is 1. The highest BCUT2D eigenvalue weighted by molar-refractivity contribution is 5.95. The number of esters is 1. The highest BCUT2D eigenvalue weighted by atomic mass is 16.6. The van der Waals surface area contributed by atoms with Crippen LogP contribution in [0.2, 0.25) is 0 Å². The molecule has 0 atom stereocenters. The number of aromatic amines is 1. The highest BCUT2D eigenvalue weighted by Crippen LogP contribution is 2.20. The van der Waals surface area contributed by atoms with Gasteiger partial charge in [-0.1, -0.05) is 18.7 Å². The predicted octanol–water partition coefficient (Wildman–Crippen LogP) is 3.77. The van der Waals surface area contributed by atoms with E-state index < -0.39 is 5.60 Å². The molecular formula is C15H17NO2. The molecule has 2 aromatic rings. The number of H-pyrrole nitrogens is 1. The van der Waals surface area contributed by atoms with Gasteiger partial charge in [-0.05, 0) is 44.5 Å². The van der Waals surface area contributed by atoms with Crippen molar-refractivity contribution < 1.29 is 9.53 Å². The molecule has 0 unspecified atom stereocenters. The van der Waals surface area contributed by atoms with Crippen molar-refractivity contribution in [3.05, 3.63) is 42.1 Å². The molecule has 0 saturated heterocycles. The van der Waals surface area contributed by atoms with Gasteiger partial charge in [0.25, 0.3) is 0 Å². The fraction of sp³-hybridized carbons (Fsp3) is 0.267. The molecule has 1 aromatic heterocycles. The lowest BCUT2D eigenvalue weighted by molar-refractivity contribution is 0.00639. The summed E-state index contributed by atoms with van der Waals surface area (Å²) in [6.45, 7) is 9.28. The van der Waals surface area contributed by atoms with Gasteiger partial charge in [0.2, 0.25) is 0 Å². The Morgan fingerprint density at radius 3 is 2.67 bits per heavy atom. The summed E-state index contributed by atoms with van der Waals surface area (Å²) in [7, 11) is 0. The average molecular weight is 243 g/mol. The number of benzene rings is 1. The summed E-state index contributed by atoms with van der Waals surface area (Å²) < 4.78 is 5.32. The Balaban J connectivity index is 2.35. The number of carbonyl (C=O) groups excluding carboxylic acids is 1. The van der Waals surface area contributed by atoms with Crippen molar-refractivity contribution in [2.45, 2.75) is 26.4 Å². The summed E-state index contributed by atoms with van der Waals surface area (Å²) in [4.78, 5) is 15.0. The second-order valence-corrected chi connectivity index (χ2v) is 5.24. The molecule has 2 rings (SSSR count). The molecule has 3 nitrogen and oxygen atoms in total. The number of hydrogen-bond acceptors (Lipinski definition) is 2. The number of rotatable bonds is 2. The quantitative estimate of drug-likeness (QED) is 0.816. The van der Waals surface area contributed by atoms with E-state index in [1.165, 1.54) is 0 Å². The first-order chi connectivity index (χ1) is 8.39. The summed E-state index contributed by atoms with van der Waals surface area (Å²) in [6.07, 6.45) is 1.78. The van der Waals surface area contributed by atoms with E-state index >= 15 is 0 Å². The van der Waals surface area contributed by atoms with E-state index in [2.05, 4.69) is 11.6 Å². The maximum absolute atomic E-state index is 11.9. The molecule has 1 aromatic carbocycles. The Hall–Kier alpha value is -2.03. The molecule has 0 spiro atoms. The van der Waals surface area contributed by atoms with Gasteiger partial charge in [-0.25, -0.2) is 4.79 Å². The molecule has 0 radical (unpaired) electrons. The van der Waals surface area contributed by atoms with Crippen molar-refractivity contribution >= 4 is 22.9 Å². The minimum atomic E-state index is -0.485. The van der Waals surface area contributed by atoms with E-state index in [1.54, 1.807) is 12.1 Å². The van der Waals surface area contributed by atoms with Gasteiger partial charge >= 0.3 is 5.97 Å². The van der Waals surface area contributed by atoms with Crippen LogP contribution in [0, 0.1) is 0 Å². The maximum atomic E-state index is 11.9. The van der Waals surface area contributed by atoms with E-state index in [-0.39, 0.29) is 5.97 Å². The summed E-state index contributed by atoms with van der Waals surface area (Å²) in [5.74, 6) is -0.334. The topological polar surface area (TPSA) is 42.1 Å². The lowest BCUT2D eigenvalue weighted by Crippen LogP contribution is -2.24. The Kier molecular flexibility index (Phi) is 2.99. The van der Waals surface area contributed by atoms with Crippen LogP contribution < -0.4 is 0 Å². The first-order valence-corrected chi connectivity index (χ1v) is 5.87. The number of fused-ring (bicyclic) bond motifs is 1. The zero-order valence-corrected chi connectivity index (χ0v) is 10.9. The Morgan fingerprint density at radius 1 is 1.33 bits per heavy atom.